The molecule has 0 saturated carbocycles. The molecule has 6 heteroatoms. The second-order valence-electron chi connectivity index (χ2n) is 5.37. The van der Waals surface area contributed by atoms with Crippen molar-refractivity contribution in [2.45, 2.75) is 43.5 Å². The zero-order valence-corrected chi connectivity index (χ0v) is 13.6. The Bertz CT molecular complexity index is 508. The first-order valence-electron chi connectivity index (χ1n) is 6.82. The molecule has 1 aliphatic heterocycles. The van der Waals surface area contributed by atoms with Crippen LogP contribution in [0.2, 0.25) is 0 Å². The fraction of sp³-hybridized carbons (Fsp3) is 0.571. The van der Waals surface area contributed by atoms with Crippen LogP contribution in [0.5, 0.6) is 0 Å². The van der Waals surface area contributed by atoms with E-state index in [4.69, 9.17) is 0 Å². The van der Waals surface area contributed by atoms with Crippen molar-refractivity contribution in [1.82, 2.24) is 10.0 Å². The molecular weight excluding hydrogens is 296 g/mol. The van der Waals surface area contributed by atoms with Gasteiger partial charge in [0, 0.05) is 12.6 Å². The van der Waals surface area contributed by atoms with Crippen LogP contribution in [-0.2, 0) is 10.0 Å². The number of benzene rings is 1. The summed E-state index contributed by atoms with van der Waals surface area (Å²) in [6, 6.07) is 7.39. The Morgan fingerprint density at radius 1 is 1.30 bits per heavy atom. The van der Waals surface area contributed by atoms with Crippen LogP contribution in [-0.4, -0.2) is 27.5 Å². The summed E-state index contributed by atoms with van der Waals surface area (Å²) in [7, 11) is -3.38. The van der Waals surface area contributed by atoms with Crippen molar-refractivity contribution >= 4 is 22.4 Å². The fourth-order valence-electron chi connectivity index (χ4n) is 2.26. The molecule has 1 saturated heterocycles. The van der Waals surface area contributed by atoms with Crippen molar-refractivity contribution < 1.29 is 8.42 Å². The van der Waals surface area contributed by atoms with Crippen LogP contribution in [0.3, 0.4) is 0 Å². The van der Waals surface area contributed by atoms with Crippen molar-refractivity contribution in [2.24, 2.45) is 0 Å². The van der Waals surface area contributed by atoms with Gasteiger partial charge in [0.25, 0.3) is 0 Å². The van der Waals surface area contributed by atoms with Crippen molar-refractivity contribution in [3.05, 3.63) is 29.8 Å². The topological polar surface area (TPSA) is 58.2 Å². The van der Waals surface area contributed by atoms with Gasteiger partial charge in [0.1, 0.15) is 0 Å². The first-order valence-corrected chi connectivity index (χ1v) is 8.30. The summed E-state index contributed by atoms with van der Waals surface area (Å²) in [6.45, 7) is 5.63. The van der Waals surface area contributed by atoms with Crippen LogP contribution in [0.1, 0.15) is 38.2 Å². The Hall–Kier alpha value is -0.620. The minimum absolute atomic E-state index is 0. The van der Waals surface area contributed by atoms with Gasteiger partial charge >= 0.3 is 0 Å². The summed E-state index contributed by atoms with van der Waals surface area (Å²) in [5.74, 6) is 0.410. The molecule has 0 radical (unpaired) electrons. The molecular formula is C14H23ClN2O2S. The SMILES string of the molecule is CC(C)c1ccc(S(=O)(=O)NCC2CCCN2)cc1.Cl. The van der Waals surface area contributed by atoms with Crippen molar-refractivity contribution in [3.63, 3.8) is 0 Å². The van der Waals surface area contributed by atoms with E-state index < -0.39 is 10.0 Å². The maximum Gasteiger partial charge on any atom is 0.240 e. The molecule has 1 unspecified atom stereocenters. The molecule has 2 rings (SSSR count). The average molecular weight is 319 g/mol. The van der Waals surface area contributed by atoms with E-state index in [1.54, 1.807) is 12.1 Å². The second kappa shape index (κ2) is 7.41. The maximum atomic E-state index is 12.1. The summed E-state index contributed by atoms with van der Waals surface area (Å²) in [6.07, 6.45) is 2.16. The lowest BCUT2D eigenvalue weighted by atomic mass is 10.0. The molecule has 0 aliphatic carbocycles. The van der Waals surface area contributed by atoms with Gasteiger partial charge in [0.2, 0.25) is 10.0 Å². The van der Waals surface area contributed by atoms with E-state index in [2.05, 4.69) is 23.9 Å². The average Bonchev–Trinajstić information content (AvgIpc) is 2.90. The Labute approximate surface area is 127 Å². The first-order chi connectivity index (χ1) is 8.99. The summed E-state index contributed by atoms with van der Waals surface area (Å²) in [5.41, 5.74) is 1.15. The third-order valence-electron chi connectivity index (χ3n) is 3.54. The number of hydrogen-bond acceptors (Lipinski definition) is 3. The monoisotopic (exact) mass is 318 g/mol. The number of rotatable bonds is 5. The number of nitrogens with one attached hydrogen (secondary N) is 2. The number of hydrogen-bond donors (Lipinski definition) is 2. The molecule has 1 fully saturated rings. The van der Waals surface area contributed by atoms with Gasteiger partial charge in [-0.05, 0) is 43.0 Å². The van der Waals surface area contributed by atoms with E-state index in [1.165, 1.54) is 0 Å². The smallest absolute Gasteiger partial charge is 0.240 e. The van der Waals surface area contributed by atoms with Crippen molar-refractivity contribution in [2.75, 3.05) is 13.1 Å². The minimum atomic E-state index is -3.38. The molecule has 1 atom stereocenters. The van der Waals surface area contributed by atoms with E-state index in [0.29, 0.717) is 17.4 Å². The largest absolute Gasteiger partial charge is 0.313 e. The minimum Gasteiger partial charge on any atom is -0.313 e. The van der Waals surface area contributed by atoms with Crippen LogP contribution < -0.4 is 10.0 Å². The van der Waals surface area contributed by atoms with Gasteiger partial charge in [-0.2, -0.15) is 0 Å². The van der Waals surface area contributed by atoms with Crippen LogP contribution in [0.4, 0.5) is 0 Å². The molecule has 0 spiro atoms. The first kappa shape index (κ1) is 17.4. The molecule has 2 N–H and O–H groups in total. The van der Waals surface area contributed by atoms with Gasteiger partial charge in [-0.1, -0.05) is 26.0 Å². The van der Waals surface area contributed by atoms with Gasteiger partial charge in [-0.25, -0.2) is 13.1 Å². The fourth-order valence-corrected chi connectivity index (χ4v) is 3.34. The van der Waals surface area contributed by atoms with Gasteiger partial charge in [0.05, 0.1) is 4.90 Å². The van der Waals surface area contributed by atoms with E-state index in [1.807, 2.05) is 12.1 Å². The van der Waals surface area contributed by atoms with Gasteiger partial charge in [0.15, 0.2) is 0 Å². The van der Waals surface area contributed by atoms with Gasteiger partial charge in [-0.15, -0.1) is 12.4 Å². The highest BCUT2D eigenvalue weighted by molar-refractivity contribution is 7.89. The zero-order chi connectivity index (χ0) is 13.9. The Morgan fingerprint density at radius 3 is 2.45 bits per heavy atom. The Balaban J connectivity index is 0.00000200. The quantitative estimate of drug-likeness (QED) is 0.875. The predicted octanol–water partition coefficient (Wildman–Crippen LogP) is 2.26. The molecule has 0 bridgehead atoms. The summed E-state index contributed by atoms with van der Waals surface area (Å²) < 4.78 is 26.9. The lowest BCUT2D eigenvalue weighted by Crippen LogP contribution is -2.37. The molecule has 4 nitrogen and oxygen atoms in total. The third kappa shape index (κ3) is 4.45. The molecule has 1 heterocycles. The molecule has 1 aromatic rings. The number of sulfonamides is 1. The summed E-state index contributed by atoms with van der Waals surface area (Å²) in [4.78, 5) is 0.342. The molecule has 20 heavy (non-hydrogen) atoms. The second-order valence-corrected chi connectivity index (χ2v) is 7.14. The molecule has 1 aromatic carbocycles. The summed E-state index contributed by atoms with van der Waals surface area (Å²) >= 11 is 0. The van der Waals surface area contributed by atoms with Crippen LogP contribution in [0.25, 0.3) is 0 Å². The lowest BCUT2D eigenvalue weighted by molar-refractivity contribution is 0.552. The third-order valence-corrected chi connectivity index (χ3v) is 4.98. The van der Waals surface area contributed by atoms with Crippen LogP contribution >= 0.6 is 12.4 Å². The molecule has 1 aliphatic rings. The van der Waals surface area contributed by atoms with E-state index >= 15 is 0 Å². The molecule has 0 aromatic heterocycles. The van der Waals surface area contributed by atoms with Crippen LogP contribution in [0.15, 0.2) is 29.2 Å². The summed E-state index contributed by atoms with van der Waals surface area (Å²) in [5, 5.41) is 3.28. The van der Waals surface area contributed by atoms with Crippen molar-refractivity contribution in [3.8, 4) is 0 Å². The predicted molar refractivity (Wildman–Crippen MR) is 84.0 cm³/mol. The maximum absolute atomic E-state index is 12.1. The van der Waals surface area contributed by atoms with Crippen LogP contribution in [0, 0.1) is 0 Å². The van der Waals surface area contributed by atoms with Crippen molar-refractivity contribution in [1.29, 1.82) is 0 Å². The van der Waals surface area contributed by atoms with Gasteiger partial charge < -0.3 is 5.32 Å². The molecule has 114 valence electrons. The Morgan fingerprint density at radius 2 is 1.95 bits per heavy atom. The highest BCUT2D eigenvalue weighted by Crippen LogP contribution is 2.17. The Kier molecular flexibility index (Phi) is 6.45. The lowest BCUT2D eigenvalue weighted by Gasteiger charge is -2.12. The number of halogens is 1. The van der Waals surface area contributed by atoms with E-state index in [9.17, 15) is 8.42 Å². The highest BCUT2D eigenvalue weighted by atomic mass is 35.5. The normalized spacial score (nSPS) is 19.1. The standard InChI is InChI=1S/C14H22N2O2S.ClH/c1-11(2)12-5-7-14(8-6-12)19(17,18)16-10-13-4-3-9-15-13;/h5-8,11,13,15-16H,3-4,9-10H2,1-2H3;1H. The van der Waals surface area contributed by atoms with Gasteiger partial charge in [-0.3, -0.25) is 0 Å². The molecule has 0 amide bonds. The zero-order valence-electron chi connectivity index (χ0n) is 11.9. The van der Waals surface area contributed by atoms with E-state index in [0.717, 1.165) is 24.9 Å². The highest BCUT2D eigenvalue weighted by Gasteiger charge is 2.19. The van der Waals surface area contributed by atoms with E-state index in [-0.39, 0.29) is 18.4 Å².